The summed E-state index contributed by atoms with van der Waals surface area (Å²) in [6, 6.07) is 16.2. The zero-order chi connectivity index (χ0) is 20.8. The van der Waals surface area contributed by atoms with Crippen LogP contribution in [0.4, 0.5) is 0 Å². The minimum atomic E-state index is -0.747. The highest BCUT2D eigenvalue weighted by atomic mass is 16.5. The molecule has 0 spiro atoms. The highest BCUT2D eigenvalue weighted by Crippen LogP contribution is 2.23. The molecule has 29 heavy (non-hydrogen) atoms. The van der Waals surface area contributed by atoms with E-state index in [-0.39, 0.29) is 17.3 Å². The van der Waals surface area contributed by atoms with Crippen LogP contribution in [0, 0.1) is 0 Å². The summed E-state index contributed by atoms with van der Waals surface area (Å²) in [5, 5.41) is 8.97. The monoisotopic (exact) mass is 393 g/mol. The second kappa shape index (κ2) is 9.14. The van der Waals surface area contributed by atoms with Gasteiger partial charge in [-0.05, 0) is 35.7 Å². The Bertz CT molecular complexity index is 1090. The van der Waals surface area contributed by atoms with Crippen LogP contribution in [-0.2, 0) is 16.1 Å². The van der Waals surface area contributed by atoms with E-state index in [4.69, 9.17) is 4.74 Å². The van der Waals surface area contributed by atoms with Crippen molar-refractivity contribution in [2.45, 2.75) is 32.9 Å². The summed E-state index contributed by atoms with van der Waals surface area (Å²) in [5.74, 6) is -1.16. The fraction of sp³-hybridized carbons (Fsp3) is 0.273. The third-order valence-corrected chi connectivity index (χ3v) is 4.51. The third-order valence-electron chi connectivity index (χ3n) is 4.51. The van der Waals surface area contributed by atoms with Crippen molar-refractivity contribution < 1.29 is 14.3 Å². The molecule has 1 atom stereocenters. The third kappa shape index (κ3) is 4.87. The first kappa shape index (κ1) is 20.3. The lowest BCUT2D eigenvalue weighted by atomic mass is 10.00. The van der Waals surface area contributed by atoms with E-state index in [0.29, 0.717) is 13.0 Å². The van der Waals surface area contributed by atoms with Gasteiger partial charge in [0.05, 0.1) is 6.04 Å². The number of aryl methyl sites for hydroxylation is 1. The molecule has 1 amide bonds. The van der Waals surface area contributed by atoms with Gasteiger partial charge < -0.3 is 10.1 Å². The van der Waals surface area contributed by atoms with E-state index in [0.717, 1.165) is 16.3 Å². The number of esters is 1. The molecule has 1 N–H and O–H groups in total. The number of ether oxygens (including phenoxy) is 1. The van der Waals surface area contributed by atoms with Crippen LogP contribution in [0.1, 0.15) is 42.4 Å². The van der Waals surface area contributed by atoms with Gasteiger partial charge >= 0.3 is 5.97 Å². The molecular formula is C22H23N3O4. The molecule has 0 bridgehead atoms. The van der Waals surface area contributed by atoms with Crippen LogP contribution in [0.2, 0.25) is 0 Å². The number of amides is 1. The van der Waals surface area contributed by atoms with Crippen LogP contribution in [0.25, 0.3) is 10.8 Å². The Balaban J connectivity index is 1.61. The number of benzene rings is 2. The van der Waals surface area contributed by atoms with Gasteiger partial charge in [-0.2, -0.15) is 5.10 Å². The number of carbonyl (C=O) groups excluding carboxylic acids is 2. The molecule has 1 aromatic heterocycles. The van der Waals surface area contributed by atoms with E-state index in [9.17, 15) is 14.4 Å². The summed E-state index contributed by atoms with van der Waals surface area (Å²) >= 11 is 0. The van der Waals surface area contributed by atoms with Crippen LogP contribution < -0.4 is 10.9 Å². The van der Waals surface area contributed by atoms with Crippen molar-refractivity contribution in [3.05, 3.63) is 76.2 Å². The first-order chi connectivity index (χ1) is 14.0. The molecule has 3 aromatic rings. The van der Waals surface area contributed by atoms with Crippen LogP contribution in [-0.4, -0.2) is 28.3 Å². The molecule has 1 unspecified atom stereocenters. The number of rotatable bonds is 7. The minimum absolute atomic E-state index is 0.00653. The second-order valence-electron chi connectivity index (χ2n) is 6.71. The first-order valence-electron chi connectivity index (χ1n) is 9.52. The number of aromatic nitrogens is 2. The van der Waals surface area contributed by atoms with E-state index in [2.05, 4.69) is 10.4 Å². The lowest BCUT2D eigenvalue weighted by Gasteiger charge is -2.16. The molecule has 3 rings (SSSR count). The van der Waals surface area contributed by atoms with Crippen LogP contribution in [0.3, 0.4) is 0 Å². The fourth-order valence-corrected chi connectivity index (χ4v) is 3.12. The Morgan fingerprint density at radius 3 is 2.66 bits per heavy atom. The maximum atomic E-state index is 12.3. The molecular weight excluding hydrogens is 370 g/mol. The molecule has 0 saturated carbocycles. The predicted octanol–water partition coefficient (Wildman–Crippen LogP) is 2.84. The Kier molecular flexibility index (Phi) is 6.39. The molecule has 7 nitrogen and oxygen atoms in total. The number of hydrogen-bond acceptors (Lipinski definition) is 5. The Morgan fingerprint density at radius 1 is 1.10 bits per heavy atom. The Morgan fingerprint density at radius 2 is 1.86 bits per heavy atom. The molecule has 7 heteroatoms. The topological polar surface area (TPSA) is 90.3 Å². The molecule has 0 saturated heterocycles. The molecule has 150 valence electrons. The van der Waals surface area contributed by atoms with Gasteiger partial charge in [0.2, 0.25) is 0 Å². The van der Waals surface area contributed by atoms with Gasteiger partial charge in [-0.15, -0.1) is 0 Å². The first-order valence-corrected chi connectivity index (χ1v) is 9.52. The highest BCUT2D eigenvalue weighted by molar-refractivity contribution is 5.90. The quantitative estimate of drug-likeness (QED) is 0.624. The summed E-state index contributed by atoms with van der Waals surface area (Å²) in [6.07, 6.45) is 0.708. The lowest BCUT2D eigenvalue weighted by molar-refractivity contribution is -0.124. The summed E-state index contributed by atoms with van der Waals surface area (Å²) in [7, 11) is 0. The Hall–Kier alpha value is -3.48. The smallest absolute Gasteiger partial charge is 0.359 e. The zero-order valence-corrected chi connectivity index (χ0v) is 16.4. The highest BCUT2D eigenvalue weighted by Gasteiger charge is 2.16. The van der Waals surface area contributed by atoms with E-state index in [1.807, 2.05) is 56.3 Å². The van der Waals surface area contributed by atoms with Crippen LogP contribution in [0.5, 0.6) is 0 Å². The molecule has 0 radical (unpaired) electrons. The number of carbonyl (C=O) groups is 2. The normalized spacial score (nSPS) is 11.8. The van der Waals surface area contributed by atoms with E-state index in [1.165, 1.54) is 16.8 Å². The summed E-state index contributed by atoms with van der Waals surface area (Å²) in [6.45, 7) is 3.76. The maximum absolute atomic E-state index is 12.3. The number of fused-ring (bicyclic) bond motifs is 1. The van der Waals surface area contributed by atoms with Crippen molar-refractivity contribution in [3.63, 3.8) is 0 Å². The van der Waals surface area contributed by atoms with Crippen molar-refractivity contribution in [2.75, 3.05) is 6.61 Å². The van der Waals surface area contributed by atoms with Crippen molar-refractivity contribution in [2.24, 2.45) is 0 Å². The van der Waals surface area contributed by atoms with Gasteiger partial charge in [0.25, 0.3) is 11.5 Å². The molecule has 0 aliphatic carbocycles. The molecule has 0 aliphatic rings. The number of nitrogens with one attached hydrogen (secondary N) is 1. The second-order valence-corrected chi connectivity index (χ2v) is 6.71. The summed E-state index contributed by atoms with van der Waals surface area (Å²) in [5.41, 5.74) is 0.689. The average molecular weight is 393 g/mol. The average Bonchev–Trinajstić information content (AvgIpc) is 2.73. The SMILES string of the molecule is CCCn1nc(C(=O)OCC(=O)NC(C)c2cccc3ccccc23)ccc1=O. The maximum Gasteiger partial charge on any atom is 0.359 e. The van der Waals surface area contributed by atoms with E-state index < -0.39 is 18.5 Å². The standard InChI is InChI=1S/C22H23N3O4/c1-3-13-25-21(27)12-11-19(24-25)22(28)29-14-20(26)23-15(2)17-10-6-8-16-7-4-5-9-18(16)17/h4-12,15H,3,13-14H2,1-2H3,(H,23,26). The van der Waals surface area contributed by atoms with Gasteiger partial charge in [-0.1, -0.05) is 49.4 Å². The van der Waals surface area contributed by atoms with Gasteiger partial charge in [-0.25, -0.2) is 9.48 Å². The number of nitrogens with zero attached hydrogens (tertiary/aromatic N) is 2. The van der Waals surface area contributed by atoms with Crippen molar-refractivity contribution in [1.29, 1.82) is 0 Å². The van der Waals surface area contributed by atoms with E-state index >= 15 is 0 Å². The summed E-state index contributed by atoms with van der Waals surface area (Å²) in [4.78, 5) is 36.1. The molecule has 0 fully saturated rings. The molecule has 1 heterocycles. The van der Waals surface area contributed by atoms with Gasteiger partial charge in [0, 0.05) is 12.6 Å². The number of hydrogen-bond donors (Lipinski definition) is 1. The van der Waals surface area contributed by atoms with Gasteiger partial charge in [0.15, 0.2) is 12.3 Å². The summed E-state index contributed by atoms with van der Waals surface area (Å²) < 4.78 is 6.27. The van der Waals surface area contributed by atoms with Crippen molar-refractivity contribution in [1.82, 2.24) is 15.1 Å². The lowest BCUT2D eigenvalue weighted by Crippen LogP contribution is -2.32. The Labute approximate surface area is 168 Å². The van der Waals surface area contributed by atoms with Crippen LogP contribution in [0.15, 0.2) is 59.4 Å². The molecule has 0 aliphatic heterocycles. The minimum Gasteiger partial charge on any atom is -0.451 e. The van der Waals surface area contributed by atoms with Crippen molar-refractivity contribution >= 4 is 22.6 Å². The largest absolute Gasteiger partial charge is 0.451 e. The fourth-order valence-electron chi connectivity index (χ4n) is 3.12. The zero-order valence-electron chi connectivity index (χ0n) is 16.4. The predicted molar refractivity (Wildman–Crippen MR) is 110 cm³/mol. The van der Waals surface area contributed by atoms with Gasteiger partial charge in [0.1, 0.15) is 0 Å². The van der Waals surface area contributed by atoms with Crippen molar-refractivity contribution in [3.8, 4) is 0 Å². The van der Waals surface area contributed by atoms with Gasteiger partial charge in [-0.3, -0.25) is 9.59 Å². The van der Waals surface area contributed by atoms with Crippen LogP contribution >= 0.6 is 0 Å². The molecule has 2 aromatic carbocycles. The van der Waals surface area contributed by atoms with E-state index in [1.54, 1.807) is 0 Å².